The standard InChI is InChI=1S/C33H32ClFN6O2/c1-39-11-13-41(14-12-39)28(20-42)19-40-10-9-25(18-40)24-5-7-31-29(16-24)33(37-22-36-31)38-27-6-8-32(30(34)17-27)43-21-23-3-2-4-26(35)15-23/h2-10,15-18,20,22,28H,11-14,19,21H2,1H3,(H,36,37,38). The van der Waals surface area contributed by atoms with E-state index in [1.165, 1.54) is 18.5 Å². The highest BCUT2D eigenvalue weighted by molar-refractivity contribution is 6.32. The summed E-state index contributed by atoms with van der Waals surface area (Å²) in [5.41, 5.74) is 4.32. The fourth-order valence-electron chi connectivity index (χ4n) is 5.30. The maximum absolute atomic E-state index is 13.5. The second-order valence-electron chi connectivity index (χ2n) is 10.8. The summed E-state index contributed by atoms with van der Waals surface area (Å²) >= 11 is 6.52. The molecule has 2 aromatic heterocycles. The lowest BCUT2D eigenvalue weighted by Gasteiger charge is -2.35. The fourth-order valence-corrected chi connectivity index (χ4v) is 5.53. The topological polar surface area (TPSA) is 75.5 Å². The summed E-state index contributed by atoms with van der Waals surface area (Å²) in [6.07, 6.45) is 6.68. The Hall–Kier alpha value is -4.31. The number of anilines is 2. The molecule has 0 amide bonds. The predicted molar refractivity (Wildman–Crippen MR) is 167 cm³/mol. The SMILES string of the molecule is CN1CCN(C(C=O)Cn2ccc(-c3ccc4ncnc(Nc5ccc(OCc6cccc(F)c6)c(Cl)c5)c4c3)c2)CC1. The first-order chi connectivity index (χ1) is 20.9. The summed E-state index contributed by atoms with van der Waals surface area (Å²) < 4.78 is 21.4. The van der Waals surface area contributed by atoms with Crippen molar-refractivity contribution in [2.75, 3.05) is 38.5 Å². The van der Waals surface area contributed by atoms with E-state index in [9.17, 15) is 9.18 Å². The number of hydrogen-bond donors (Lipinski definition) is 1. The van der Waals surface area contributed by atoms with Gasteiger partial charge < -0.3 is 24.3 Å². The van der Waals surface area contributed by atoms with E-state index >= 15 is 0 Å². The average Bonchev–Trinajstić information content (AvgIpc) is 3.49. The predicted octanol–water partition coefficient (Wildman–Crippen LogP) is 6.03. The van der Waals surface area contributed by atoms with Crippen LogP contribution in [0.4, 0.5) is 15.9 Å². The molecule has 0 bridgehead atoms. The second kappa shape index (κ2) is 12.9. The lowest BCUT2D eigenvalue weighted by Crippen LogP contribution is -2.50. The van der Waals surface area contributed by atoms with Crippen molar-refractivity contribution in [2.24, 2.45) is 0 Å². The van der Waals surface area contributed by atoms with Crippen molar-refractivity contribution in [2.45, 2.75) is 19.2 Å². The zero-order valence-corrected chi connectivity index (χ0v) is 24.5. The highest BCUT2D eigenvalue weighted by Gasteiger charge is 2.22. The molecule has 6 rings (SSSR count). The number of nitrogens with one attached hydrogen (secondary N) is 1. The molecule has 1 saturated heterocycles. The van der Waals surface area contributed by atoms with E-state index in [-0.39, 0.29) is 18.5 Å². The first-order valence-corrected chi connectivity index (χ1v) is 14.6. The third kappa shape index (κ3) is 6.85. The van der Waals surface area contributed by atoms with Gasteiger partial charge in [0.2, 0.25) is 0 Å². The third-order valence-corrected chi connectivity index (χ3v) is 8.05. The number of aldehydes is 1. The maximum atomic E-state index is 13.5. The highest BCUT2D eigenvalue weighted by atomic mass is 35.5. The molecule has 0 aliphatic carbocycles. The Morgan fingerprint density at radius 3 is 2.67 bits per heavy atom. The van der Waals surface area contributed by atoms with E-state index in [4.69, 9.17) is 16.3 Å². The van der Waals surface area contributed by atoms with Gasteiger partial charge in [0, 0.05) is 56.2 Å². The van der Waals surface area contributed by atoms with Crippen molar-refractivity contribution < 1.29 is 13.9 Å². The van der Waals surface area contributed by atoms with Crippen LogP contribution in [0, 0.1) is 5.82 Å². The van der Waals surface area contributed by atoms with Gasteiger partial charge in [-0.25, -0.2) is 14.4 Å². The number of carbonyl (C=O) groups excluding carboxylic acids is 1. The lowest BCUT2D eigenvalue weighted by atomic mass is 10.1. The molecule has 0 spiro atoms. The monoisotopic (exact) mass is 598 g/mol. The number of ether oxygens (including phenoxy) is 1. The lowest BCUT2D eigenvalue weighted by molar-refractivity contribution is -0.113. The minimum Gasteiger partial charge on any atom is -0.487 e. The van der Waals surface area contributed by atoms with Crippen LogP contribution in [0.15, 0.2) is 85.5 Å². The molecular weight excluding hydrogens is 567 g/mol. The van der Waals surface area contributed by atoms with E-state index < -0.39 is 0 Å². The molecule has 1 aliphatic heterocycles. The summed E-state index contributed by atoms with van der Waals surface area (Å²) in [6, 6.07) is 19.7. The Balaban J connectivity index is 1.17. The number of fused-ring (bicyclic) bond motifs is 1. The highest BCUT2D eigenvalue weighted by Crippen LogP contribution is 2.32. The molecular formula is C33H32ClFN6O2. The number of nitrogens with zero attached hydrogens (tertiary/aromatic N) is 5. The van der Waals surface area contributed by atoms with E-state index in [1.807, 2.05) is 24.4 Å². The van der Waals surface area contributed by atoms with Gasteiger partial charge in [-0.05, 0) is 72.3 Å². The zero-order chi connectivity index (χ0) is 29.8. The molecule has 5 aromatic rings. The molecule has 1 fully saturated rings. The van der Waals surface area contributed by atoms with Crippen LogP contribution in [0.5, 0.6) is 5.75 Å². The van der Waals surface area contributed by atoms with Crippen molar-refractivity contribution in [1.29, 1.82) is 0 Å². The quantitative estimate of drug-likeness (QED) is 0.197. The second-order valence-corrected chi connectivity index (χ2v) is 11.2. The van der Waals surface area contributed by atoms with Gasteiger partial charge in [0.05, 0.1) is 16.6 Å². The normalized spacial score (nSPS) is 15.0. The van der Waals surface area contributed by atoms with Gasteiger partial charge >= 0.3 is 0 Å². The molecule has 1 N–H and O–H groups in total. The molecule has 220 valence electrons. The minimum atomic E-state index is -0.308. The van der Waals surface area contributed by atoms with Crippen LogP contribution in [0.25, 0.3) is 22.0 Å². The number of piperazine rings is 1. The van der Waals surface area contributed by atoms with Crippen molar-refractivity contribution in [3.05, 3.63) is 102 Å². The van der Waals surface area contributed by atoms with Gasteiger partial charge in [-0.1, -0.05) is 29.8 Å². The largest absolute Gasteiger partial charge is 0.487 e. The Morgan fingerprint density at radius 2 is 1.88 bits per heavy atom. The third-order valence-electron chi connectivity index (χ3n) is 7.76. The molecule has 43 heavy (non-hydrogen) atoms. The number of hydrogen-bond acceptors (Lipinski definition) is 7. The molecule has 1 aliphatic rings. The van der Waals surface area contributed by atoms with Gasteiger partial charge in [0.25, 0.3) is 0 Å². The summed E-state index contributed by atoms with van der Waals surface area (Å²) in [7, 11) is 2.11. The molecule has 8 nitrogen and oxygen atoms in total. The van der Waals surface area contributed by atoms with Gasteiger partial charge in [-0.15, -0.1) is 0 Å². The Kier molecular flexibility index (Phi) is 8.64. The summed E-state index contributed by atoms with van der Waals surface area (Å²) in [6.45, 7) is 4.54. The van der Waals surface area contributed by atoms with Crippen molar-refractivity contribution in [3.8, 4) is 16.9 Å². The van der Waals surface area contributed by atoms with Crippen LogP contribution in [-0.4, -0.2) is 69.9 Å². The summed E-state index contributed by atoms with van der Waals surface area (Å²) in [5.74, 6) is 0.837. The number of likely N-dealkylation sites (N-methyl/N-ethyl adjacent to an activating group) is 1. The van der Waals surface area contributed by atoms with Crippen LogP contribution in [0.1, 0.15) is 5.56 Å². The molecule has 3 heterocycles. The van der Waals surface area contributed by atoms with Crippen LogP contribution < -0.4 is 10.1 Å². The van der Waals surface area contributed by atoms with Gasteiger partial charge in [0.15, 0.2) is 0 Å². The molecule has 1 unspecified atom stereocenters. The van der Waals surface area contributed by atoms with Gasteiger partial charge in [0.1, 0.15) is 36.6 Å². The Bertz CT molecular complexity index is 1740. The smallest absolute Gasteiger partial charge is 0.141 e. The van der Waals surface area contributed by atoms with Crippen LogP contribution >= 0.6 is 11.6 Å². The number of halogens is 2. The summed E-state index contributed by atoms with van der Waals surface area (Å²) in [4.78, 5) is 25.4. The number of benzene rings is 3. The molecule has 0 saturated carbocycles. The van der Waals surface area contributed by atoms with E-state index in [0.29, 0.717) is 23.1 Å². The molecule has 3 aromatic carbocycles. The number of rotatable bonds is 10. The van der Waals surface area contributed by atoms with E-state index in [1.54, 1.807) is 24.3 Å². The van der Waals surface area contributed by atoms with Crippen LogP contribution in [0.3, 0.4) is 0 Å². The number of aromatic nitrogens is 3. The Labute approximate surface area is 254 Å². The first kappa shape index (κ1) is 28.8. The van der Waals surface area contributed by atoms with Crippen molar-refractivity contribution in [1.82, 2.24) is 24.3 Å². The molecule has 10 heteroatoms. The molecule has 1 atom stereocenters. The Morgan fingerprint density at radius 1 is 1.02 bits per heavy atom. The van der Waals surface area contributed by atoms with Crippen LogP contribution in [0.2, 0.25) is 5.02 Å². The van der Waals surface area contributed by atoms with Crippen LogP contribution in [-0.2, 0) is 17.9 Å². The van der Waals surface area contributed by atoms with Crippen molar-refractivity contribution >= 4 is 40.3 Å². The van der Waals surface area contributed by atoms with Gasteiger partial charge in [-0.3, -0.25) is 4.90 Å². The fraction of sp³-hybridized carbons (Fsp3) is 0.242. The van der Waals surface area contributed by atoms with E-state index in [2.05, 4.69) is 55.0 Å². The van der Waals surface area contributed by atoms with E-state index in [0.717, 1.165) is 65.7 Å². The zero-order valence-electron chi connectivity index (χ0n) is 23.8. The minimum absolute atomic E-state index is 0.153. The number of carbonyl (C=O) groups is 1. The van der Waals surface area contributed by atoms with Crippen molar-refractivity contribution in [3.63, 3.8) is 0 Å². The summed E-state index contributed by atoms with van der Waals surface area (Å²) in [5, 5.41) is 4.64. The molecule has 0 radical (unpaired) electrons. The first-order valence-electron chi connectivity index (χ1n) is 14.2. The maximum Gasteiger partial charge on any atom is 0.141 e. The average molecular weight is 599 g/mol. The van der Waals surface area contributed by atoms with Gasteiger partial charge in [-0.2, -0.15) is 0 Å².